The molecule has 0 radical (unpaired) electrons. The Balaban J connectivity index is 3.28. The van der Waals surface area contributed by atoms with Crippen LogP contribution in [0.3, 0.4) is 0 Å². The molecule has 0 unspecified atom stereocenters. The average Bonchev–Trinajstić information content (AvgIpc) is 2.24. The molecule has 0 fully saturated rings. The zero-order valence-corrected chi connectivity index (χ0v) is 10.2. The van der Waals surface area contributed by atoms with E-state index in [1.807, 2.05) is 0 Å². The average molecular weight is 218 g/mol. The highest BCUT2D eigenvalue weighted by Gasteiger charge is 2.06. The zero-order chi connectivity index (χ0) is 11.4. The van der Waals surface area contributed by atoms with Gasteiger partial charge in [-0.3, -0.25) is 0 Å². The summed E-state index contributed by atoms with van der Waals surface area (Å²) < 4.78 is 10.7. The highest BCUT2D eigenvalue weighted by atomic mass is 16.5. The lowest BCUT2D eigenvalue weighted by molar-refractivity contribution is 0.0199. The highest BCUT2D eigenvalue weighted by molar-refractivity contribution is 4.56. The van der Waals surface area contributed by atoms with Gasteiger partial charge in [0.1, 0.15) is 0 Å². The maximum atomic E-state index is 8.49. The molecule has 0 spiro atoms. The van der Waals surface area contributed by atoms with Crippen molar-refractivity contribution >= 4 is 0 Å². The third-order valence-corrected chi connectivity index (χ3v) is 2.36. The van der Waals surface area contributed by atoms with Crippen LogP contribution in [0.15, 0.2) is 0 Å². The highest BCUT2D eigenvalue weighted by Crippen LogP contribution is 2.13. The molecule has 0 rings (SSSR count). The van der Waals surface area contributed by atoms with Crippen molar-refractivity contribution in [3.05, 3.63) is 0 Å². The molecule has 92 valence electrons. The molecule has 0 aliphatic rings. The minimum Gasteiger partial charge on any atom is -0.394 e. The lowest BCUT2D eigenvalue weighted by atomic mass is 9.99. The van der Waals surface area contributed by atoms with E-state index in [2.05, 4.69) is 13.8 Å². The van der Waals surface area contributed by atoms with Crippen LogP contribution in [0.5, 0.6) is 0 Å². The van der Waals surface area contributed by atoms with Gasteiger partial charge in [0.15, 0.2) is 0 Å². The van der Waals surface area contributed by atoms with E-state index in [1.165, 1.54) is 25.7 Å². The van der Waals surface area contributed by atoms with E-state index in [-0.39, 0.29) is 6.61 Å². The smallest absolute Gasteiger partial charge is 0.0701 e. The summed E-state index contributed by atoms with van der Waals surface area (Å²) in [5.41, 5.74) is 0. The minimum atomic E-state index is 0.0916. The first-order chi connectivity index (χ1) is 7.35. The molecule has 0 saturated heterocycles. The van der Waals surface area contributed by atoms with E-state index < -0.39 is 0 Å². The fourth-order valence-corrected chi connectivity index (χ4v) is 1.66. The summed E-state index contributed by atoms with van der Waals surface area (Å²) in [4.78, 5) is 0. The molecule has 0 amide bonds. The maximum Gasteiger partial charge on any atom is 0.0701 e. The van der Waals surface area contributed by atoms with Gasteiger partial charge in [-0.05, 0) is 18.8 Å². The number of aliphatic hydroxyl groups excluding tert-OH is 1. The van der Waals surface area contributed by atoms with Gasteiger partial charge in [0.25, 0.3) is 0 Å². The normalized spacial score (nSPS) is 11.2. The van der Waals surface area contributed by atoms with Gasteiger partial charge in [0, 0.05) is 6.61 Å². The summed E-state index contributed by atoms with van der Waals surface area (Å²) in [6, 6.07) is 0. The third kappa shape index (κ3) is 10.2. The topological polar surface area (TPSA) is 38.7 Å². The molecule has 0 aromatic heterocycles. The van der Waals surface area contributed by atoms with Crippen LogP contribution < -0.4 is 0 Å². The zero-order valence-electron chi connectivity index (χ0n) is 10.2. The summed E-state index contributed by atoms with van der Waals surface area (Å²) in [6.07, 6.45) is 4.97. The van der Waals surface area contributed by atoms with Crippen LogP contribution in [0.2, 0.25) is 0 Å². The Kier molecular flexibility index (Phi) is 11.9. The van der Waals surface area contributed by atoms with Crippen molar-refractivity contribution in [2.24, 2.45) is 5.92 Å². The van der Waals surface area contributed by atoms with E-state index in [0.29, 0.717) is 25.7 Å². The standard InChI is InChI=1S/C12H26O3/c1-3-5-12(6-4-2)11-15-10-9-14-8-7-13/h12-13H,3-11H2,1-2H3. The van der Waals surface area contributed by atoms with Crippen molar-refractivity contribution in [2.75, 3.05) is 33.0 Å². The third-order valence-electron chi connectivity index (χ3n) is 2.36. The molecule has 0 atom stereocenters. The number of aliphatic hydroxyl groups is 1. The molecule has 0 bridgehead atoms. The lowest BCUT2D eigenvalue weighted by Gasteiger charge is -2.15. The molecule has 3 nitrogen and oxygen atoms in total. The first-order valence-corrected chi connectivity index (χ1v) is 6.11. The quantitative estimate of drug-likeness (QED) is 0.540. The van der Waals surface area contributed by atoms with E-state index in [9.17, 15) is 0 Å². The number of rotatable bonds is 11. The Morgan fingerprint density at radius 1 is 0.933 bits per heavy atom. The van der Waals surface area contributed by atoms with Crippen LogP contribution in [0, 0.1) is 5.92 Å². The molecule has 0 aromatic carbocycles. The molecule has 0 aromatic rings. The molecule has 0 aliphatic heterocycles. The van der Waals surface area contributed by atoms with E-state index in [1.54, 1.807) is 0 Å². The van der Waals surface area contributed by atoms with E-state index in [0.717, 1.165) is 6.61 Å². The summed E-state index contributed by atoms with van der Waals surface area (Å²) in [7, 11) is 0. The van der Waals surface area contributed by atoms with Crippen LogP contribution in [-0.4, -0.2) is 38.1 Å². The summed E-state index contributed by atoms with van der Waals surface area (Å²) >= 11 is 0. The van der Waals surface area contributed by atoms with Crippen LogP contribution in [-0.2, 0) is 9.47 Å². The number of hydrogen-bond donors (Lipinski definition) is 1. The number of hydrogen-bond acceptors (Lipinski definition) is 3. The summed E-state index contributed by atoms with van der Waals surface area (Å²) in [5, 5.41) is 8.49. The molecule has 1 N–H and O–H groups in total. The van der Waals surface area contributed by atoms with Crippen LogP contribution in [0.25, 0.3) is 0 Å². The van der Waals surface area contributed by atoms with Crippen LogP contribution in [0.1, 0.15) is 39.5 Å². The van der Waals surface area contributed by atoms with Gasteiger partial charge in [-0.15, -0.1) is 0 Å². The molecule has 0 aliphatic carbocycles. The fraction of sp³-hybridized carbons (Fsp3) is 1.00. The molecule has 0 heterocycles. The van der Waals surface area contributed by atoms with Gasteiger partial charge in [-0.1, -0.05) is 26.7 Å². The van der Waals surface area contributed by atoms with E-state index in [4.69, 9.17) is 14.6 Å². The van der Waals surface area contributed by atoms with Crippen LogP contribution >= 0.6 is 0 Å². The van der Waals surface area contributed by atoms with Crippen molar-refractivity contribution in [2.45, 2.75) is 39.5 Å². The van der Waals surface area contributed by atoms with E-state index >= 15 is 0 Å². The fourth-order valence-electron chi connectivity index (χ4n) is 1.66. The first-order valence-electron chi connectivity index (χ1n) is 6.11. The largest absolute Gasteiger partial charge is 0.394 e. The molecule has 3 heteroatoms. The molecule has 0 saturated carbocycles. The van der Waals surface area contributed by atoms with Gasteiger partial charge in [-0.25, -0.2) is 0 Å². The van der Waals surface area contributed by atoms with Gasteiger partial charge in [0.2, 0.25) is 0 Å². The maximum absolute atomic E-state index is 8.49. The van der Waals surface area contributed by atoms with Gasteiger partial charge in [0.05, 0.1) is 26.4 Å². The predicted octanol–water partition coefficient (Wildman–Crippen LogP) is 2.23. The van der Waals surface area contributed by atoms with Crippen molar-refractivity contribution < 1.29 is 14.6 Å². The first kappa shape index (κ1) is 14.9. The monoisotopic (exact) mass is 218 g/mol. The SMILES string of the molecule is CCCC(CCC)COCCOCCO. The predicted molar refractivity (Wildman–Crippen MR) is 62.0 cm³/mol. The summed E-state index contributed by atoms with van der Waals surface area (Å²) in [5.74, 6) is 0.706. The number of ether oxygens (including phenoxy) is 2. The van der Waals surface area contributed by atoms with Crippen molar-refractivity contribution in [3.8, 4) is 0 Å². The molecular weight excluding hydrogens is 192 g/mol. The Morgan fingerprint density at radius 2 is 1.53 bits per heavy atom. The van der Waals surface area contributed by atoms with Gasteiger partial charge >= 0.3 is 0 Å². The Hall–Kier alpha value is -0.120. The lowest BCUT2D eigenvalue weighted by Crippen LogP contribution is -2.13. The van der Waals surface area contributed by atoms with Gasteiger partial charge < -0.3 is 14.6 Å². The Morgan fingerprint density at radius 3 is 2.07 bits per heavy atom. The van der Waals surface area contributed by atoms with Gasteiger partial charge in [-0.2, -0.15) is 0 Å². The minimum absolute atomic E-state index is 0.0916. The van der Waals surface area contributed by atoms with Crippen molar-refractivity contribution in [1.82, 2.24) is 0 Å². The Bertz CT molecular complexity index is 111. The van der Waals surface area contributed by atoms with Crippen molar-refractivity contribution in [1.29, 1.82) is 0 Å². The second kappa shape index (κ2) is 12.0. The molecular formula is C12H26O3. The summed E-state index contributed by atoms with van der Waals surface area (Å²) in [6.45, 7) is 7.02. The van der Waals surface area contributed by atoms with Crippen LogP contribution in [0.4, 0.5) is 0 Å². The molecule has 15 heavy (non-hydrogen) atoms. The second-order valence-corrected chi connectivity index (χ2v) is 3.85. The second-order valence-electron chi connectivity index (χ2n) is 3.85. The van der Waals surface area contributed by atoms with Crippen molar-refractivity contribution in [3.63, 3.8) is 0 Å². The Labute approximate surface area is 93.8 Å².